The molecule has 2 aromatic heterocycles. The topological polar surface area (TPSA) is 30.7 Å². The van der Waals surface area contributed by atoms with Gasteiger partial charge < -0.3 is 4.57 Å². The Balaban J connectivity index is 0.000000924. The number of hydrogen-bond acceptors (Lipinski definition) is 2. The van der Waals surface area contributed by atoms with E-state index < -0.39 is 0 Å². The average molecular weight is 309 g/mol. The fourth-order valence-corrected chi connectivity index (χ4v) is 2.76. The quantitative estimate of drug-likeness (QED) is 0.682. The van der Waals surface area contributed by atoms with Crippen LogP contribution < -0.4 is 0 Å². The fourth-order valence-electron chi connectivity index (χ4n) is 2.76. The number of nitrogens with zero attached hydrogens (tertiary/aromatic N) is 3. The highest BCUT2D eigenvalue weighted by molar-refractivity contribution is 5.76. The van der Waals surface area contributed by atoms with Gasteiger partial charge in [-0.15, -0.1) is 0 Å². The lowest BCUT2D eigenvalue weighted by Crippen LogP contribution is -2.05. The Morgan fingerprint density at radius 2 is 1.61 bits per heavy atom. The Bertz CT molecular complexity index is 783. The summed E-state index contributed by atoms with van der Waals surface area (Å²) in [4.78, 5) is 9.51. The van der Waals surface area contributed by atoms with Crippen LogP contribution >= 0.6 is 0 Å². The van der Waals surface area contributed by atoms with Crippen molar-refractivity contribution in [3.05, 3.63) is 58.5 Å². The molecule has 0 atom stereocenters. The van der Waals surface area contributed by atoms with Crippen LogP contribution in [0.25, 0.3) is 11.2 Å². The van der Waals surface area contributed by atoms with E-state index in [0.29, 0.717) is 0 Å². The van der Waals surface area contributed by atoms with E-state index in [-0.39, 0.29) is 0 Å². The predicted octanol–water partition coefficient (Wildman–Crippen LogP) is 4.99. The molecule has 0 fully saturated rings. The molecule has 3 rings (SSSR count). The minimum atomic E-state index is 0.829. The Morgan fingerprint density at radius 1 is 0.957 bits per heavy atom. The Labute approximate surface area is 139 Å². The Morgan fingerprint density at radius 3 is 2.22 bits per heavy atom. The molecule has 0 amide bonds. The molecule has 0 aliphatic carbocycles. The molecular formula is C20H27N3. The van der Waals surface area contributed by atoms with Crippen LogP contribution in [0.4, 0.5) is 0 Å². The third kappa shape index (κ3) is 3.61. The number of aromatic nitrogens is 3. The summed E-state index contributed by atoms with van der Waals surface area (Å²) in [5, 5.41) is 0. The number of fused-ring (bicyclic) bond motifs is 1. The second-order valence-electron chi connectivity index (χ2n) is 5.71. The van der Waals surface area contributed by atoms with E-state index in [1.807, 2.05) is 20.8 Å². The Kier molecular flexibility index (Phi) is 5.54. The molecule has 0 N–H and O–H groups in total. The monoisotopic (exact) mass is 309 g/mol. The first-order chi connectivity index (χ1) is 11.1. The number of benzene rings is 1. The van der Waals surface area contributed by atoms with Gasteiger partial charge in [0.15, 0.2) is 5.65 Å². The van der Waals surface area contributed by atoms with Crippen molar-refractivity contribution in [1.29, 1.82) is 0 Å². The van der Waals surface area contributed by atoms with Crippen LogP contribution in [-0.2, 0) is 13.0 Å². The zero-order valence-electron chi connectivity index (χ0n) is 15.1. The van der Waals surface area contributed by atoms with Crippen molar-refractivity contribution in [1.82, 2.24) is 14.5 Å². The van der Waals surface area contributed by atoms with Gasteiger partial charge in [0.05, 0.1) is 6.54 Å². The minimum Gasteiger partial charge on any atom is -0.308 e. The normalized spacial score (nSPS) is 10.5. The van der Waals surface area contributed by atoms with Crippen LogP contribution in [0.3, 0.4) is 0 Å². The zero-order valence-corrected chi connectivity index (χ0v) is 15.1. The molecule has 0 radical (unpaired) electrons. The standard InChI is InChI=1S/C18H21N3.C2H6/c1-5-16-20-17-13(3)10-14(4)19-18(17)21(16)11-15-8-6-12(2)7-9-15;1-2/h6-10H,5,11H2,1-4H3;1-2H3. The Hall–Kier alpha value is -2.16. The highest BCUT2D eigenvalue weighted by Gasteiger charge is 2.13. The molecule has 0 saturated heterocycles. The molecule has 122 valence electrons. The van der Waals surface area contributed by atoms with Crippen LogP contribution in [0.5, 0.6) is 0 Å². The van der Waals surface area contributed by atoms with Gasteiger partial charge in [-0.05, 0) is 38.0 Å². The largest absolute Gasteiger partial charge is 0.308 e. The van der Waals surface area contributed by atoms with Gasteiger partial charge >= 0.3 is 0 Å². The molecule has 0 aliphatic rings. The molecule has 0 unspecified atom stereocenters. The second kappa shape index (κ2) is 7.40. The van der Waals surface area contributed by atoms with Crippen LogP contribution in [0.15, 0.2) is 30.3 Å². The van der Waals surface area contributed by atoms with Gasteiger partial charge in [0.1, 0.15) is 11.3 Å². The van der Waals surface area contributed by atoms with Crippen molar-refractivity contribution in [3.63, 3.8) is 0 Å². The summed E-state index contributed by atoms with van der Waals surface area (Å²) < 4.78 is 2.25. The maximum absolute atomic E-state index is 4.79. The first-order valence-electron chi connectivity index (χ1n) is 8.47. The van der Waals surface area contributed by atoms with Gasteiger partial charge in [-0.3, -0.25) is 0 Å². The minimum absolute atomic E-state index is 0.829. The fraction of sp³-hybridized carbons (Fsp3) is 0.400. The molecule has 0 saturated carbocycles. The summed E-state index contributed by atoms with van der Waals surface area (Å²) in [5.41, 5.74) is 6.86. The highest BCUT2D eigenvalue weighted by atomic mass is 15.1. The predicted molar refractivity (Wildman–Crippen MR) is 98.0 cm³/mol. The number of hydrogen-bond donors (Lipinski definition) is 0. The third-order valence-corrected chi connectivity index (χ3v) is 3.88. The maximum atomic E-state index is 4.79. The van der Waals surface area contributed by atoms with Crippen molar-refractivity contribution in [2.24, 2.45) is 0 Å². The number of rotatable bonds is 3. The van der Waals surface area contributed by atoms with E-state index in [1.54, 1.807) is 0 Å². The summed E-state index contributed by atoms with van der Waals surface area (Å²) in [5.74, 6) is 1.10. The van der Waals surface area contributed by atoms with Gasteiger partial charge in [0.2, 0.25) is 0 Å². The lowest BCUT2D eigenvalue weighted by atomic mass is 10.1. The highest BCUT2D eigenvalue weighted by Crippen LogP contribution is 2.21. The maximum Gasteiger partial charge on any atom is 0.160 e. The summed E-state index contributed by atoms with van der Waals surface area (Å²) in [7, 11) is 0. The summed E-state index contributed by atoms with van der Waals surface area (Å²) >= 11 is 0. The lowest BCUT2D eigenvalue weighted by molar-refractivity contribution is 0.745. The smallest absolute Gasteiger partial charge is 0.160 e. The van der Waals surface area contributed by atoms with E-state index in [1.165, 1.54) is 16.7 Å². The van der Waals surface area contributed by atoms with E-state index >= 15 is 0 Å². The van der Waals surface area contributed by atoms with Crippen molar-refractivity contribution in [2.75, 3.05) is 0 Å². The van der Waals surface area contributed by atoms with Crippen molar-refractivity contribution >= 4 is 11.2 Å². The van der Waals surface area contributed by atoms with Crippen LogP contribution in [0.1, 0.15) is 49.0 Å². The number of aryl methyl sites for hydroxylation is 4. The first-order valence-corrected chi connectivity index (χ1v) is 8.47. The van der Waals surface area contributed by atoms with Crippen LogP contribution in [0, 0.1) is 20.8 Å². The molecular weight excluding hydrogens is 282 g/mol. The molecule has 0 spiro atoms. The van der Waals surface area contributed by atoms with Crippen molar-refractivity contribution in [2.45, 2.75) is 54.5 Å². The number of pyridine rings is 1. The van der Waals surface area contributed by atoms with Gasteiger partial charge in [0.25, 0.3) is 0 Å². The van der Waals surface area contributed by atoms with Crippen LogP contribution in [0.2, 0.25) is 0 Å². The van der Waals surface area contributed by atoms with Crippen molar-refractivity contribution in [3.8, 4) is 0 Å². The molecule has 23 heavy (non-hydrogen) atoms. The third-order valence-electron chi connectivity index (χ3n) is 3.88. The van der Waals surface area contributed by atoms with E-state index in [9.17, 15) is 0 Å². The molecule has 3 aromatic rings. The van der Waals surface area contributed by atoms with Gasteiger partial charge in [-0.25, -0.2) is 9.97 Å². The summed E-state index contributed by atoms with van der Waals surface area (Å²) in [6.07, 6.45) is 0.917. The van der Waals surface area contributed by atoms with E-state index in [2.05, 4.69) is 55.7 Å². The van der Waals surface area contributed by atoms with Crippen LogP contribution in [-0.4, -0.2) is 14.5 Å². The SMILES string of the molecule is CC.CCc1nc2c(C)cc(C)nc2n1Cc1ccc(C)cc1. The van der Waals surface area contributed by atoms with E-state index in [0.717, 1.165) is 35.6 Å². The first kappa shape index (κ1) is 17.2. The zero-order chi connectivity index (χ0) is 17.0. The molecule has 0 bridgehead atoms. The van der Waals surface area contributed by atoms with E-state index in [4.69, 9.17) is 9.97 Å². The molecule has 1 aromatic carbocycles. The average Bonchev–Trinajstić information content (AvgIpc) is 2.90. The van der Waals surface area contributed by atoms with Gasteiger partial charge in [0, 0.05) is 12.1 Å². The summed E-state index contributed by atoms with van der Waals surface area (Å²) in [6, 6.07) is 10.8. The summed E-state index contributed by atoms with van der Waals surface area (Å²) in [6.45, 7) is 13.2. The van der Waals surface area contributed by atoms with Crippen molar-refractivity contribution < 1.29 is 0 Å². The lowest BCUT2D eigenvalue weighted by Gasteiger charge is -2.08. The molecule has 3 nitrogen and oxygen atoms in total. The molecule has 0 aliphatic heterocycles. The van der Waals surface area contributed by atoms with Gasteiger partial charge in [-0.2, -0.15) is 0 Å². The number of imidazole rings is 1. The van der Waals surface area contributed by atoms with Gasteiger partial charge in [-0.1, -0.05) is 50.6 Å². The molecule has 2 heterocycles. The molecule has 3 heteroatoms. The second-order valence-corrected chi connectivity index (χ2v) is 5.71.